The minimum atomic E-state index is 0.397. The molecule has 1 rings (SSSR count). The highest BCUT2D eigenvalue weighted by Gasteiger charge is 2.10. The van der Waals surface area contributed by atoms with Crippen molar-refractivity contribution >= 4 is 0 Å². The van der Waals surface area contributed by atoms with Crippen LogP contribution in [0.4, 0.5) is 0 Å². The molecule has 1 N–H and O–H groups in total. The van der Waals surface area contributed by atoms with Crippen molar-refractivity contribution in [1.29, 1.82) is 0 Å². The molecule has 1 aromatic carbocycles. The van der Waals surface area contributed by atoms with E-state index in [0.717, 1.165) is 0 Å². The topological polar surface area (TPSA) is 20.2 Å². The molecule has 0 aliphatic carbocycles. The molecule has 1 atom stereocenters. The van der Waals surface area contributed by atoms with Crippen LogP contribution in [-0.2, 0) is 0 Å². The van der Waals surface area contributed by atoms with Gasteiger partial charge < -0.3 is 5.11 Å². The van der Waals surface area contributed by atoms with E-state index in [2.05, 4.69) is 19.9 Å². The predicted molar refractivity (Wildman–Crippen MR) is 69.9 cm³/mol. The highest BCUT2D eigenvalue weighted by Crippen LogP contribution is 2.29. The second-order valence-corrected chi connectivity index (χ2v) is 4.58. The van der Waals surface area contributed by atoms with Gasteiger partial charge in [0.1, 0.15) is 5.75 Å². The molecule has 0 fully saturated rings. The van der Waals surface area contributed by atoms with Crippen LogP contribution in [0.1, 0.15) is 63.9 Å². The van der Waals surface area contributed by atoms with Gasteiger partial charge in [0.2, 0.25) is 0 Å². The fraction of sp³-hybridized carbons (Fsp3) is 0.600. The van der Waals surface area contributed by atoms with Crippen LogP contribution in [0.2, 0.25) is 0 Å². The van der Waals surface area contributed by atoms with Crippen molar-refractivity contribution in [2.45, 2.75) is 58.3 Å². The first-order valence-corrected chi connectivity index (χ1v) is 6.56. The molecule has 1 aromatic rings. The lowest BCUT2D eigenvalue weighted by Crippen LogP contribution is -1.98. The molecule has 0 spiro atoms. The molecule has 0 aliphatic heterocycles. The Morgan fingerprint density at radius 1 is 1.06 bits per heavy atom. The lowest BCUT2D eigenvalue weighted by atomic mass is 9.89. The predicted octanol–water partition coefficient (Wildman–Crippen LogP) is 4.86. The SMILES string of the molecule is CCCCCC(CCC)c1cccc(O)c1. The summed E-state index contributed by atoms with van der Waals surface area (Å²) in [6.45, 7) is 4.47. The molecule has 0 saturated heterocycles. The zero-order valence-electron chi connectivity index (χ0n) is 10.6. The average molecular weight is 220 g/mol. The molecule has 1 heteroatoms. The van der Waals surface area contributed by atoms with Crippen LogP contribution in [0.3, 0.4) is 0 Å². The number of hydrogen-bond donors (Lipinski definition) is 1. The minimum absolute atomic E-state index is 0.397. The van der Waals surface area contributed by atoms with E-state index < -0.39 is 0 Å². The van der Waals surface area contributed by atoms with Crippen molar-refractivity contribution in [2.24, 2.45) is 0 Å². The second-order valence-electron chi connectivity index (χ2n) is 4.58. The highest BCUT2D eigenvalue weighted by atomic mass is 16.3. The Kier molecular flexibility index (Phi) is 5.99. The van der Waals surface area contributed by atoms with Gasteiger partial charge in [-0.2, -0.15) is 0 Å². The molecule has 0 aromatic heterocycles. The van der Waals surface area contributed by atoms with Gasteiger partial charge in [0.25, 0.3) is 0 Å². The lowest BCUT2D eigenvalue weighted by Gasteiger charge is -2.16. The van der Waals surface area contributed by atoms with Gasteiger partial charge in [0.05, 0.1) is 0 Å². The number of hydrogen-bond acceptors (Lipinski definition) is 1. The number of rotatable bonds is 7. The molecular formula is C15H24O. The summed E-state index contributed by atoms with van der Waals surface area (Å²) in [6, 6.07) is 7.77. The van der Waals surface area contributed by atoms with E-state index in [1.165, 1.54) is 44.1 Å². The normalized spacial score (nSPS) is 12.6. The van der Waals surface area contributed by atoms with Crippen molar-refractivity contribution in [2.75, 3.05) is 0 Å². The van der Waals surface area contributed by atoms with E-state index in [1.807, 2.05) is 12.1 Å². The van der Waals surface area contributed by atoms with E-state index in [1.54, 1.807) is 6.07 Å². The van der Waals surface area contributed by atoms with Crippen molar-refractivity contribution in [1.82, 2.24) is 0 Å². The molecule has 90 valence electrons. The van der Waals surface area contributed by atoms with Gasteiger partial charge >= 0.3 is 0 Å². The first kappa shape index (κ1) is 13.1. The van der Waals surface area contributed by atoms with Crippen LogP contribution < -0.4 is 0 Å². The maximum Gasteiger partial charge on any atom is 0.115 e. The van der Waals surface area contributed by atoms with Gasteiger partial charge in [-0.25, -0.2) is 0 Å². The van der Waals surface area contributed by atoms with E-state index >= 15 is 0 Å². The Bertz CT molecular complexity index is 293. The largest absolute Gasteiger partial charge is 0.508 e. The molecule has 16 heavy (non-hydrogen) atoms. The number of unbranched alkanes of at least 4 members (excludes halogenated alkanes) is 2. The Hall–Kier alpha value is -0.980. The Morgan fingerprint density at radius 2 is 1.88 bits per heavy atom. The Labute approximate surface area is 99.5 Å². The summed E-state index contributed by atoms with van der Waals surface area (Å²) in [5, 5.41) is 9.50. The number of benzene rings is 1. The highest BCUT2D eigenvalue weighted by molar-refractivity contribution is 5.29. The smallest absolute Gasteiger partial charge is 0.115 e. The molecule has 0 bridgehead atoms. The van der Waals surface area contributed by atoms with Crippen LogP contribution in [0.5, 0.6) is 5.75 Å². The van der Waals surface area contributed by atoms with Gasteiger partial charge in [-0.15, -0.1) is 0 Å². The maximum atomic E-state index is 9.50. The molecule has 0 amide bonds. The van der Waals surface area contributed by atoms with Gasteiger partial charge in [0, 0.05) is 0 Å². The molecule has 0 heterocycles. The number of aromatic hydroxyl groups is 1. The van der Waals surface area contributed by atoms with Crippen LogP contribution in [-0.4, -0.2) is 5.11 Å². The van der Waals surface area contributed by atoms with Crippen LogP contribution >= 0.6 is 0 Å². The van der Waals surface area contributed by atoms with Gasteiger partial charge in [-0.05, 0) is 36.5 Å². The zero-order chi connectivity index (χ0) is 11.8. The third-order valence-electron chi connectivity index (χ3n) is 3.13. The standard InChI is InChI=1S/C15H24O/c1-3-5-6-9-13(8-4-2)14-10-7-11-15(16)12-14/h7,10-13,16H,3-6,8-9H2,1-2H3. The Balaban J connectivity index is 2.61. The summed E-state index contributed by atoms with van der Waals surface area (Å²) < 4.78 is 0. The summed E-state index contributed by atoms with van der Waals surface area (Å²) in [6.07, 6.45) is 7.60. The number of phenols is 1. The Morgan fingerprint density at radius 3 is 2.50 bits per heavy atom. The van der Waals surface area contributed by atoms with Gasteiger partial charge in [-0.3, -0.25) is 0 Å². The summed E-state index contributed by atoms with van der Waals surface area (Å²) in [7, 11) is 0. The van der Waals surface area contributed by atoms with Crippen molar-refractivity contribution in [3.63, 3.8) is 0 Å². The van der Waals surface area contributed by atoms with E-state index in [4.69, 9.17) is 0 Å². The molecule has 0 radical (unpaired) electrons. The first-order chi connectivity index (χ1) is 7.77. The summed E-state index contributed by atoms with van der Waals surface area (Å²) in [5.74, 6) is 1.03. The third-order valence-corrected chi connectivity index (χ3v) is 3.13. The van der Waals surface area contributed by atoms with Crippen molar-refractivity contribution < 1.29 is 5.11 Å². The van der Waals surface area contributed by atoms with E-state index in [-0.39, 0.29) is 0 Å². The van der Waals surface area contributed by atoms with Crippen molar-refractivity contribution in [3.05, 3.63) is 29.8 Å². The first-order valence-electron chi connectivity index (χ1n) is 6.56. The van der Waals surface area contributed by atoms with Crippen LogP contribution in [0.25, 0.3) is 0 Å². The van der Waals surface area contributed by atoms with Gasteiger partial charge in [0.15, 0.2) is 0 Å². The third kappa shape index (κ3) is 4.26. The summed E-state index contributed by atoms with van der Waals surface area (Å²) in [5.41, 5.74) is 1.30. The molecule has 1 nitrogen and oxygen atoms in total. The molecular weight excluding hydrogens is 196 g/mol. The minimum Gasteiger partial charge on any atom is -0.508 e. The average Bonchev–Trinajstić information content (AvgIpc) is 2.28. The maximum absolute atomic E-state index is 9.50. The summed E-state index contributed by atoms with van der Waals surface area (Å²) >= 11 is 0. The molecule has 0 saturated carbocycles. The zero-order valence-corrected chi connectivity index (χ0v) is 10.6. The monoisotopic (exact) mass is 220 g/mol. The van der Waals surface area contributed by atoms with Crippen LogP contribution in [0, 0.1) is 0 Å². The lowest BCUT2D eigenvalue weighted by molar-refractivity contribution is 0.470. The second kappa shape index (κ2) is 7.32. The van der Waals surface area contributed by atoms with E-state index in [0.29, 0.717) is 11.7 Å². The van der Waals surface area contributed by atoms with Crippen molar-refractivity contribution in [3.8, 4) is 5.75 Å². The van der Waals surface area contributed by atoms with Gasteiger partial charge in [-0.1, -0.05) is 51.7 Å². The molecule has 0 aliphatic rings. The number of phenolic OH excluding ortho intramolecular Hbond substituents is 1. The summed E-state index contributed by atoms with van der Waals surface area (Å²) in [4.78, 5) is 0. The fourth-order valence-electron chi connectivity index (χ4n) is 2.25. The van der Waals surface area contributed by atoms with Crippen LogP contribution in [0.15, 0.2) is 24.3 Å². The van der Waals surface area contributed by atoms with E-state index in [9.17, 15) is 5.11 Å². The quantitative estimate of drug-likeness (QED) is 0.651. The molecule has 1 unspecified atom stereocenters. The fourth-order valence-corrected chi connectivity index (χ4v) is 2.25.